The summed E-state index contributed by atoms with van der Waals surface area (Å²) in [6.45, 7) is -0.398. The summed E-state index contributed by atoms with van der Waals surface area (Å²) in [5, 5.41) is 4.02. The first kappa shape index (κ1) is 38.3. The van der Waals surface area contributed by atoms with Crippen molar-refractivity contribution in [3.8, 4) is 17.5 Å². The first-order valence-corrected chi connectivity index (χ1v) is 20.0. The minimum Gasteiger partial charge on any atom is -0.470 e. The fraction of sp³-hybridized carbons (Fsp3) is 0.459. The van der Waals surface area contributed by atoms with Crippen LogP contribution >= 0.6 is 0 Å². The second kappa shape index (κ2) is 14.4. The summed E-state index contributed by atoms with van der Waals surface area (Å²) in [6.07, 6.45) is 0.613. The topological polar surface area (TPSA) is 203 Å². The number of nitrogens with one attached hydrogen (secondary N) is 3. The highest BCUT2D eigenvalue weighted by atomic mass is 32.2. The van der Waals surface area contributed by atoms with Gasteiger partial charge in [-0.3, -0.25) is 23.9 Å². The number of halogens is 4. The van der Waals surface area contributed by atoms with Crippen LogP contribution in [0.3, 0.4) is 0 Å². The van der Waals surface area contributed by atoms with E-state index in [9.17, 15) is 45.2 Å². The molecule has 2 aliphatic carbocycles. The quantitative estimate of drug-likeness (QED) is 0.179. The van der Waals surface area contributed by atoms with Crippen molar-refractivity contribution in [2.24, 2.45) is 5.92 Å². The molecule has 3 fully saturated rings. The van der Waals surface area contributed by atoms with Gasteiger partial charge in [0.2, 0.25) is 27.4 Å². The van der Waals surface area contributed by atoms with Crippen LogP contribution in [0.15, 0.2) is 57.6 Å². The van der Waals surface area contributed by atoms with Gasteiger partial charge in [0.1, 0.15) is 40.6 Å². The van der Waals surface area contributed by atoms with Crippen molar-refractivity contribution < 1.29 is 58.7 Å². The molecule has 2 saturated carbocycles. The van der Waals surface area contributed by atoms with Crippen LogP contribution in [0, 0.1) is 11.7 Å². The second-order valence-corrected chi connectivity index (χ2v) is 16.7. The van der Waals surface area contributed by atoms with Crippen LogP contribution in [-0.4, -0.2) is 88.6 Å². The van der Waals surface area contributed by atoms with E-state index < -0.39 is 87.1 Å². The lowest BCUT2D eigenvalue weighted by Crippen LogP contribution is -2.58. The molecule has 20 heteroatoms. The van der Waals surface area contributed by atoms with E-state index in [1.807, 2.05) is 0 Å². The fourth-order valence-electron chi connectivity index (χ4n) is 7.43. The van der Waals surface area contributed by atoms with E-state index in [2.05, 4.69) is 20.0 Å². The fourth-order valence-corrected chi connectivity index (χ4v) is 8.80. The maximum Gasteiger partial charge on any atom is 0.471 e. The monoisotopic (exact) mass is 816 g/mol. The predicted molar refractivity (Wildman–Crippen MR) is 191 cm³/mol. The van der Waals surface area contributed by atoms with Gasteiger partial charge in [-0.2, -0.15) is 18.2 Å². The number of ether oxygens (including phenoxy) is 1. The smallest absolute Gasteiger partial charge is 0.470 e. The van der Waals surface area contributed by atoms with Crippen LogP contribution in [0.4, 0.5) is 17.6 Å². The molecule has 8 rings (SSSR count). The van der Waals surface area contributed by atoms with Crippen molar-refractivity contribution in [2.75, 3.05) is 6.54 Å². The van der Waals surface area contributed by atoms with Crippen LogP contribution in [0.2, 0.25) is 0 Å². The van der Waals surface area contributed by atoms with Gasteiger partial charge in [0.25, 0.3) is 11.8 Å². The van der Waals surface area contributed by atoms with Crippen molar-refractivity contribution in [3.05, 3.63) is 54.6 Å². The molecule has 0 spiro atoms. The zero-order chi connectivity index (χ0) is 40.3. The van der Waals surface area contributed by atoms with E-state index in [-0.39, 0.29) is 65.2 Å². The molecule has 2 aliphatic heterocycles. The van der Waals surface area contributed by atoms with Gasteiger partial charge >= 0.3 is 12.1 Å². The highest BCUT2D eigenvalue weighted by Crippen LogP contribution is 2.46. The number of amides is 4. The normalized spacial score (nSPS) is 26.5. The van der Waals surface area contributed by atoms with Gasteiger partial charge in [0.15, 0.2) is 11.6 Å². The molecular formula is C37H36F4N6O9S. The van der Waals surface area contributed by atoms with Crippen molar-refractivity contribution in [2.45, 2.75) is 92.9 Å². The molecule has 0 unspecified atom stereocenters. The lowest BCUT2D eigenvalue weighted by molar-refractivity contribution is -0.175. The van der Waals surface area contributed by atoms with Crippen molar-refractivity contribution in [1.29, 1.82) is 0 Å². The first-order chi connectivity index (χ1) is 27.1. The number of nitrogens with zero attached hydrogens (tertiary/aromatic N) is 3. The maximum absolute atomic E-state index is 14.4. The number of carbonyl (C=O) groups is 4. The standard InChI is InChI=1S/C37H36F4N6O9S/c38-20-10-13-26-23(15-20)28-29(56-26)32(44-30(43-28)27-9-6-14-54-27)55-21-16-25-31(48)45-36(34(50)46-57(52,53)22-11-12-22)17-19(36)7-4-2-1-3-5-8-24(33(49)47(25)18-21)42-35(51)37(39,40)41/h4,6-7,9-10,13-15,19,21-22,24-25H,1-3,5,8,11-12,16-18H2,(H,42,51)(H,45,48)(H,46,50)/b7-4-/t19-,21+,24-,25-,36+/m0/s1. The maximum atomic E-state index is 14.4. The molecule has 0 radical (unpaired) electrons. The molecule has 3 N–H and O–H groups in total. The van der Waals surface area contributed by atoms with E-state index >= 15 is 0 Å². The van der Waals surface area contributed by atoms with E-state index in [0.29, 0.717) is 32.1 Å². The van der Waals surface area contributed by atoms with Gasteiger partial charge in [-0.25, -0.2) is 17.8 Å². The number of fused-ring (bicyclic) bond motifs is 5. The third-order valence-corrected chi connectivity index (χ3v) is 12.5. The van der Waals surface area contributed by atoms with Crippen molar-refractivity contribution in [1.82, 2.24) is 30.2 Å². The Bertz CT molecular complexity index is 2400. The molecule has 3 aromatic heterocycles. The summed E-state index contributed by atoms with van der Waals surface area (Å²) >= 11 is 0. The van der Waals surface area contributed by atoms with Gasteiger partial charge in [-0.15, -0.1) is 0 Å². The third-order valence-electron chi connectivity index (χ3n) is 10.7. The SMILES string of the molecule is O=C1N[C@]2(C(=O)NS(=O)(=O)C3CC3)C[C@@H]2/C=C\CCCCC[C@H](NC(=O)C(F)(F)F)C(=O)N2C[C@H](Oc3nc(-c4ccco4)nc4c3oc3ccc(F)cc34)C[C@@H]12. The van der Waals surface area contributed by atoms with E-state index in [0.717, 1.165) is 4.90 Å². The molecule has 15 nitrogen and oxygen atoms in total. The molecule has 5 atom stereocenters. The predicted octanol–water partition coefficient (Wildman–Crippen LogP) is 4.17. The molecular weight excluding hydrogens is 780 g/mol. The molecule has 4 amide bonds. The molecule has 1 aromatic carbocycles. The number of allylic oxidation sites excluding steroid dienone is 1. The molecule has 0 bridgehead atoms. The molecule has 1 saturated heterocycles. The van der Waals surface area contributed by atoms with Gasteiger partial charge < -0.3 is 29.1 Å². The molecule has 4 aromatic rings. The Hall–Kier alpha value is -5.53. The Labute approximate surface area is 321 Å². The largest absolute Gasteiger partial charge is 0.471 e. The number of sulfonamides is 1. The number of hydrogen-bond donors (Lipinski definition) is 3. The minimum atomic E-state index is -5.31. The van der Waals surface area contributed by atoms with Gasteiger partial charge in [0.05, 0.1) is 18.1 Å². The van der Waals surface area contributed by atoms with Crippen LogP contribution in [0.5, 0.6) is 5.88 Å². The highest BCUT2D eigenvalue weighted by Gasteiger charge is 2.62. The van der Waals surface area contributed by atoms with Gasteiger partial charge in [-0.05, 0) is 68.9 Å². The Kier molecular flexibility index (Phi) is 9.72. The van der Waals surface area contributed by atoms with Crippen molar-refractivity contribution in [3.63, 3.8) is 0 Å². The zero-order valence-electron chi connectivity index (χ0n) is 30.0. The average Bonchev–Trinajstić information content (AvgIpc) is 3.95. The molecule has 302 valence electrons. The molecule has 5 heterocycles. The lowest BCUT2D eigenvalue weighted by atomic mass is 10.0. The van der Waals surface area contributed by atoms with Crippen LogP contribution in [-0.2, 0) is 29.2 Å². The highest BCUT2D eigenvalue weighted by molar-refractivity contribution is 7.91. The Balaban J connectivity index is 1.15. The Morgan fingerprint density at radius 2 is 1.88 bits per heavy atom. The summed E-state index contributed by atoms with van der Waals surface area (Å²) in [6, 6.07) is 3.77. The number of rotatable bonds is 7. The number of aromatic nitrogens is 2. The Morgan fingerprint density at radius 1 is 1.07 bits per heavy atom. The van der Waals surface area contributed by atoms with E-state index in [1.54, 1.807) is 29.6 Å². The number of alkyl halides is 3. The molecule has 4 aliphatic rings. The number of carbonyl (C=O) groups excluding carboxylic acids is 4. The van der Waals surface area contributed by atoms with Crippen LogP contribution in [0.25, 0.3) is 33.7 Å². The van der Waals surface area contributed by atoms with Crippen LogP contribution in [0.1, 0.15) is 57.8 Å². The van der Waals surface area contributed by atoms with Crippen molar-refractivity contribution >= 4 is 55.7 Å². The van der Waals surface area contributed by atoms with Gasteiger partial charge in [0, 0.05) is 17.7 Å². The number of benzene rings is 1. The lowest BCUT2D eigenvalue weighted by Gasteiger charge is -2.30. The minimum absolute atomic E-state index is 0.0124. The summed E-state index contributed by atoms with van der Waals surface area (Å²) < 4.78 is 100. The average molecular weight is 817 g/mol. The first-order valence-electron chi connectivity index (χ1n) is 18.5. The summed E-state index contributed by atoms with van der Waals surface area (Å²) in [5.41, 5.74) is -1.33. The third kappa shape index (κ3) is 7.65. The van der Waals surface area contributed by atoms with Crippen LogP contribution < -0.4 is 20.1 Å². The summed E-state index contributed by atoms with van der Waals surface area (Å²) in [5.74, 6) is -6.30. The second-order valence-electron chi connectivity index (χ2n) is 14.8. The molecule has 57 heavy (non-hydrogen) atoms. The summed E-state index contributed by atoms with van der Waals surface area (Å²) in [4.78, 5) is 64.4. The zero-order valence-corrected chi connectivity index (χ0v) is 30.8. The van der Waals surface area contributed by atoms with Gasteiger partial charge in [-0.1, -0.05) is 25.0 Å². The van der Waals surface area contributed by atoms with E-state index in [4.69, 9.17) is 13.6 Å². The number of furan rings is 2. The number of hydrogen-bond acceptors (Lipinski definition) is 11. The Morgan fingerprint density at radius 3 is 2.61 bits per heavy atom. The van der Waals surface area contributed by atoms with E-state index in [1.165, 1.54) is 24.5 Å². The summed E-state index contributed by atoms with van der Waals surface area (Å²) in [7, 11) is -4.02.